The van der Waals surface area contributed by atoms with E-state index in [4.69, 9.17) is 5.11 Å². The normalized spacial score (nSPS) is 17.7. The molecule has 21 heavy (non-hydrogen) atoms. The summed E-state index contributed by atoms with van der Waals surface area (Å²) in [5.41, 5.74) is 1.62. The number of carboxylic acid groups (broad SMARTS) is 1. The fourth-order valence-electron chi connectivity index (χ4n) is 2.64. The number of carboxylic acids is 1. The number of rotatable bonds is 3. The van der Waals surface area contributed by atoms with Crippen LogP contribution >= 0.6 is 0 Å². The summed E-state index contributed by atoms with van der Waals surface area (Å²) in [5, 5.41) is 22.7. The van der Waals surface area contributed by atoms with Gasteiger partial charge in [-0.05, 0) is 18.1 Å². The monoisotopic (exact) mass is 291 g/mol. The first-order valence-corrected chi connectivity index (χ1v) is 6.54. The van der Waals surface area contributed by atoms with Gasteiger partial charge in [0.15, 0.2) is 0 Å². The van der Waals surface area contributed by atoms with Crippen LogP contribution in [0.3, 0.4) is 0 Å². The Bertz CT molecular complexity index is 651. The molecule has 0 aliphatic carbocycles. The topological polar surface area (TPSA) is 113 Å². The van der Waals surface area contributed by atoms with E-state index in [1.807, 2.05) is 0 Å². The second-order valence-electron chi connectivity index (χ2n) is 5.24. The molecule has 0 radical (unpaired) electrons. The summed E-state index contributed by atoms with van der Waals surface area (Å²) < 4.78 is 0. The van der Waals surface area contributed by atoms with Crippen molar-refractivity contribution in [1.82, 2.24) is 0 Å². The minimum absolute atomic E-state index is 0.111. The van der Waals surface area contributed by atoms with Gasteiger partial charge in [-0.15, -0.1) is 0 Å². The highest BCUT2D eigenvalue weighted by atomic mass is 16.6. The van der Waals surface area contributed by atoms with Crippen LogP contribution in [-0.4, -0.2) is 35.0 Å². The molecule has 0 spiro atoms. The summed E-state index contributed by atoms with van der Waals surface area (Å²) in [7, 11) is 0. The lowest BCUT2D eigenvalue weighted by molar-refractivity contribution is -0.384. The number of aliphatic carboxylic acids is 1. The molecule has 1 saturated heterocycles. The Morgan fingerprint density at radius 3 is 2.71 bits per heavy atom. The summed E-state index contributed by atoms with van der Waals surface area (Å²) in [6, 6.07) is 3.04. The van der Waals surface area contributed by atoms with E-state index in [1.165, 1.54) is 6.07 Å². The number of amides is 1. The Labute approximate surface area is 119 Å². The Morgan fingerprint density at radius 2 is 2.10 bits per heavy atom. The third kappa shape index (κ3) is 2.28. The summed E-state index contributed by atoms with van der Waals surface area (Å²) in [6.45, 7) is 0.530. The van der Waals surface area contributed by atoms with Crippen LogP contribution in [0.25, 0.3) is 0 Å². The number of hydrogen-bond donors (Lipinski definition) is 2. The molecule has 110 valence electrons. The van der Waals surface area contributed by atoms with Crippen LogP contribution in [0, 0.1) is 16.0 Å². The van der Waals surface area contributed by atoms with E-state index in [0.717, 1.165) is 5.56 Å². The smallest absolute Gasteiger partial charge is 0.310 e. The van der Waals surface area contributed by atoms with Crippen molar-refractivity contribution in [3.05, 3.63) is 27.8 Å². The van der Waals surface area contributed by atoms with E-state index < -0.39 is 16.8 Å². The van der Waals surface area contributed by atoms with E-state index in [9.17, 15) is 19.7 Å². The number of aryl methyl sites for hydroxylation is 1. The molecule has 3 rings (SSSR count). The second kappa shape index (κ2) is 4.72. The molecule has 8 nitrogen and oxygen atoms in total. The van der Waals surface area contributed by atoms with Crippen molar-refractivity contribution in [2.75, 3.05) is 23.3 Å². The molecule has 0 unspecified atom stereocenters. The molecule has 1 aromatic rings. The number of benzene rings is 1. The first-order chi connectivity index (χ1) is 9.95. The van der Waals surface area contributed by atoms with Gasteiger partial charge < -0.3 is 15.3 Å². The zero-order chi connectivity index (χ0) is 15.1. The number of hydrogen-bond acceptors (Lipinski definition) is 5. The standard InChI is InChI=1S/C13H13N3O5/c17-12-2-1-7-3-10(15-5-8(6-15)13(18)19)11(16(20)21)4-9(7)14-12/h3-4,8H,1-2,5-6H2,(H,14,17)(H,18,19). The number of nitro benzene ring substituents is 1. The maximum atomic E-state index is 11.4. The zero-order valence-electron chi connectivity index (χ0n) is 11.0. The van der Waals surface area contributed by atoms with Crippen LogP contribution in [0.5, 0.6) is 0 Å². The molecule has 0 bridgehead atoms. The van der Waals surface area contributed by atoms with E-state index in [1.54, 1.807) is 11.0 Å². The van der Waals surface area contributed by atoms with Crippen molar-refractivity contribution in [1.29, 1.82) is 0 Å². The highest BCUT2D eigenvalue weighted by molar-refractivity contribution is 5.95. The van der Waals surface area contributed by atoms with E-state index >= 15 is 0 Å². The molecule has 8 heteroatoms. The number of nitrogens with one attached hydrogen (secondary N) is 1. The molecule has 2 N–H and O–H groups in total. The number of carbonyl (C=O) groups excluding carboxylic acids is 1. The Kier molecular flexibility index (Phi) is 3.00. The van der Waals surface area contributed by atoms with Crippen LogP contribution in [0.15, 0.2) is 12.1 Å². The lowest BCUT2D eigenvalue weighted by atomic mass is 9.96. The van der Waals surface area contributed by atoms with Crippen LogP contribution in [0.1, 0.15) is 12.0 Å². The van der Waals surface area contributed by atoms with Gasteiger partial charge in [-0.3, -0.25) is 19.7 Å². The SMILES string of the molecule is O=C1CCc2cc(N3CC(C(=O)O)C3)c([N+](=O)[O-])cc2N1. The number of nitrogens with zero attached hydrogens (tertiary/aromatic N) is 2. The van der Waals surface area contributed by atoms with Gasteiger partial charge in [0.1, 0.15) is 5.69 Å². The van der Waals surface area contributed by atoms with Gasteiger partial charge in [-0.25, -0.2) is 0 Å². The first-order valence-electron chi connectivity index (χ1n) is 6.54. The van der Waals surface area contributed by atoms with Crippen molar-refractivity contribution >= 4 is 28.9 Å². The molecule has 2 aliphatic heterocycles. The first kappa shape index (κ1) is 13.3. The lowest BCUT2D eigenvalue weighted by Gasteiger charge is -2.38. The predicted octanol–water partition coefficient (Wildman–Crippen LogP) is 1.00. The molecule has 2 heterocycles. The van der Waals surface area contributed by atoms with Crippen molar-refractivity contribution in [3.8, 4) is 0 Å². The van der Waals surface area contributed by atoms with Gasteiger partial charge in [-0.2, -0.15) is 0 Å². The largest absolute Gasteiger partial charge is 0.481 e. The van der Waals surface area contributed by atoms with Gasteiger partial charge in [0, 0.05) is 25.6 Å². The van der Waals surface area contributed by atoms with Crippen molar-refractivity contribution in [2.24, 2.45) is 5.92 Å². The molecular weight excluding hydrogens is 278 g/mol. The Hall–Kier alpha value is -2.64. The molecule has 1 amide bonds. The third-order valence-corrected chi connectivity index (χ3v) is 3.86. The molecule has 0 saturated carbocycles. The van der Waals surface area contributed by atoms with E-state index in [0.29, 0.717) is 24.2 Å². The van der Waals surface area contributed by atoms with Gasteiger partial charge in [0.2, 0.25) is 5.91 Å². The lowest BCUT2D eigenvalue weighted by Crippen LogP contribution is -2.50. The minimum atomic E-state index is -0.890. The number of anilines is 2. The van der Waals surface area contributed by atoms with Gasteiger partial charge in [-0.1, -0.05) is 0 Å². The van der Waals surface area contributed by atoms with E-state index in [-0.39, 0.29) is 24.7 Å². The fourth-order valence-corrected chi connectivity index (χ4v) is 2.64. The zero-order valence-corrected chi connectivity index (χ0v) is 11.0. The molecule has 0 atom stereocenters. The van der Waals surface area contributed by atoms with Crippen molar-refractivity contribution < 1.29 is 19.6 Å². The van der Waals surface area contributed by atoms with Gasteiger partial charge in [0.25, 0.3) is 5.69 Å². The van der Waals surface area contributed by atoms with E-state index in [2.05, 4.69) is 5.32 Å². The quantitative estimate of drug-likeness (QED) is 0.634. The maximum Gasteiger partial charge on any atom is 0.310 e. The molecular formula is C13H13N3O5. The number of nitro groups is 1. The van der Waals surface area contributed by atoms with Gasteiger partial charge >= 0.3 is 5.97 Å². The summed E-state index contributed by atoms with van der Waals surface area (Å²) >= 11 is 0. The van der Waals surface area contributed by atoms with Crippen LogP contribution in [0.4, 0.5) is 17.1 Å². The Balaban J connectivity index is 1.94. The van der Waals surface area contributed by atoms with Crippen LogP contribution < -0.4 is 10.2 Å². The highest BCUT2D eigenvalue weighted by Crippen LogP contribution is 2.38. The molecule has 1 fully saturated rings. The minimum Gasteiger partial charge on any atom is -0.481 e. The van der Waals surface area contributed by atoms with Crippen molar-refractivity contribution in [3.63, 3.8) is 0 Å². The summed E-state index contributed by atoms with van der Waals surface area (Å²) in [4.78, 5) is 34.6. The third-order valence-electron chi connectivity index (χ3n) is 3.86. The maximum absolute atomic E-state index is 11.4. The number of carbonyl (C=O) groups is 2. The summed E-state index contributed by atoms with van der Waals surface area (Å²) in [6.07, 6.45) is 0.879. The highest BCUT2D eigenvalue weighted by Gasteiger charge is 2.36. The molecule has 2 aliphatic rings. The second-order valence-corrected chi connectivity index (χ2v) is 5.24. The number of fused-ring (bicyclic) bond motifs is 1. The predicted molar refractivity (Wildman–Crippen MR) is 73.4 cm³/mol. The Morgan fingerprint density at radius 1 is 1.38 bits per heavy atom. The fraction of sp³-hybridized carbons (Fsp3) is 0.385. The van der Waals surface area contributed by atoms with Crippen molar-refractivity contribution in [2.45, 2.75) is 12.8 Å². The average Bonchev–Trinajstić information content (AvgIpc) is 2.35. The molecule has 1 aromatic carbocycles. The average molecular weight is 291 g/mol. The van der Waals surface area contributed by atoms with Crippen LogP contribution in [-0.2, 0) is 16.0 Å². The summed E-state index contributed by atoms with van der Waals surface area (Å²) in [5.74, 6) is -1.53. The van der Waals surface area contributed by atoms with Gasteiger partial charge in [0.05, 0.1) is 16.5 Å². The molecule has 0 aromatic heterocycles. The van der Waals surface area contributed by atoms with Crippen LogP contribution in [0.2, 0.25) is 0 Å².